The first-order valence-corrected chi connectivity index (χ1v) is 8.70. The van der Waals surface area contributed by atoms with E-state index < -0.39 is 11.9 Å². The first-order valence-electron chi connectivity index (χ1n) is 8.70. The minimum absolute atomic E-state index is 0.152. The number of ether oxygens (including phenoxy) is 1. The highest BCUT2D eigenvalue weighted by atomic mass is 19.4. The normalized spacial score (nSPS) is 13.9. The molecule has 0 unspecified atom stereocenters. The number of rotatable bonds is 3. The smallest absolute Gasteiger partial charge is 0.433 e. The van der Waals surface area contributed by atoms with Gasteiger partial charge in [0.25, 0.3) is 5.91 Å². The van der Waals surface area contributed by atoms with Crippen LogP contribution < -0.4 is 15.4 Å². The van der Waals surface area contributed by atoms with Crippen LogP contribution in [0.2, 0.25) is 0 Å². The number of nitrogens with two attached hydrogens (primary N) is 1. The van der Waals surface area contributed by atoms with Gasteiger partial charge in [0.1, 0.15) is 28.8 Å². The van der Waals surface area contributed by atoms with E-state index >= 15 is 0 Å². The number of anilines is 2. The molecule has 0 saturated heterocycles. The zero-order valence-electron chi connectivity index (χ0n) is 15.0. The maximum absolute atomic E-state index is 12.9. The molecule has 0 saturated carbocycles. The molecule has 29 heavy (non-hydrogen) atoms. The van der Waals surface area contributed by atoms with E-state index in [1.54, 1.807) is 36.4 Å². The van der Waals surface area contributed by atoms with Gasteiger partial charge in [-0.1, -0.05) is 12.1 Å². The number of amides is 1. The average molecular weight is 400 g/mol. The largest absolute Gasteiger partial charge is 0.455 e. The van der Waals surface area contributed by atoms with Crippen molar-refractivity contribution in [1.29, 1.82) is 0 Å². The van der Waals surface area contributed by atoms with Gasteiger partial charge in [-0.15, -0.1) is 0 Å². The van der Waals surface area contributed by atoms with Crippen molar-refractivity contribution in [2.24, 2.45) is 0 Å². The van der Waals surface area contributed by atoms with Gasteiger partial charge in [0.2, 0.25) is 0 Å². The van der Waals surface area contributed by atoms with Crippen LogP contribution in [0.1, 0.15) is 21.6 Å². The van der Waals surface area contributed by atoms with Crippen LogP contribution in [-0.4, -0.2) is 22.4 Å². The van der Waals surface area contributed by atoms with E-state index in [1.807, 2.05) is 0 Å². The van der Waals surface area contributed by atoms with Crippen molar-refractivity contribution in [1.82, 2.24) is 9.97 Å². The Morgan fingerprint density at radius 1 is 1.07 bits per heavy atom. The molecule has 0 spiro atoms. The molecule has 2 aromatic heterocycles. The first kappa shape index (κ1) is 18.7. The van der Waals surface area contributed by atoms with Crippen LogP contribution in [0, 0.1) is 0 Å². The summed E-state index contributed by atoms with van der Waals surface area (Å²) in [6.07, 6.45) is -3.02. The summed E-state index contributed by atoms with van der Waals surface area (Å²) < 4.78 is 43.7. The lowest BCUT2D eigenvalue weighted by Crippen LogP contribution is -2.38. The van der Waals surface area contributed by atoms with E-state index in [0.717, 1.165) is 12.3 Å². The maximum atomic E-state index is 12.9. The van der Waals surface area contributed by atoms with Crippen LogP contribution in [0.5, 0.6) is 11.5 Å². The highest BCUT2D eigenvalue weighted by Gasteiger charge is 2.32. The molecule has 1 aliphatic rings. The molecular formula is C20H15F3N4O2. The molecule has 1 amide bonds. The van der Waals surface area contributed by atoms with E-state index in [2.05, 4.69) is 9.97 Å². The lowest BCUT2D eigenvalue weighted by Gasteiger charge is -2.29. The van der Waals surface area contributed by atoms with Gasteiger partial charge in [-0.05, 0) is 42.8 Å². The van der Waals surface area contributed by atoms with E-state index in [4.69, 9.17) is 10.5 Å². The summed E-state index contributed by atoms with van der Waals surface area (Å²) in [5.74, 6) is 1.07. The number of nitrogens with zero attached hydrogens (tertiary/aromatic N) is 3. The predicted octanol–water partition coefficient (Wildman–Crippen LogP) is 4.07. The Bertz CT molecular complexity index is 1070. The number of aromatic nitrogens is 2. The SMILES string of the molecule is Nc1cccc(N2CCc3c(Oc4ccc(C(F)(F)F)nc4)cccc3C2=O)n1. The molecule has 3 heterocycles. The third kappa shape index (κ3) is 3.71. The van der Waals surface area contributed by atoms with Crippen molar-refractivity contribution in [3.63, 3.8) is 0 Å². The number of benzene rings is 1. The molecule has 0 aliphatic carbocycles. The zero-order chi connectivity index (χ0) is 20.6. The predicted molar refractivity (Wildman–Crippen MR) is 99.8 cm³/mol. The molecular weight excluding hydrogens is 385 g/mol. The second-order valence-electron chi connectivity index (χ2n) is 6.39. The van der Waals surface area contributed by atoms with Crippen molar-refractivity contribution in [2.45, 2.75) is 12.6 Å². The molecule has 2 N–H and O–H groups in total. The van der Waals surface area contributed by atoms with Gasteiger partial charge in [-0.2, -0.15) is 13.2 Å². The monoisotopic (exact) mass is 400 g/mol. The number of hydrogen-bond acceptors (Lipinski definition) is 5. The molecule has 6 nitrogen and oxygen atoms in total. The Morgan fingerprint density at radius 3 is 2.55 bits per heavy atom. The summed E-state index contributed by atoms with van der Waals surface area (Å²) in [6.45, 7) is 0.369. The third-order valence-corrected chi connectivity index (χ3v) is 4.48. The fourth-order valence-electron chi connectivity index (χ4n) is 3.13. The van der Waals surface area contributed by atoms with Gasteiger partial charge < -0.3 is 10.5 Å². The maximum Gasteiger partial charge on any atom is 0.433 e. The molecule has 4 rings (SSSR count). The van der Waals surface area contributed by atoms with Crippen LogP contribution in [0.3, 0.4) is 0 Å². The van der Waals surface area contributed by atoms with Crippen molar-refractivity contribution >= 4 is 17.5 Å². The number of halogens is 3. The van der Waals surface area contributed by atoms with Crippen LogP contribution in [0.4, 0.5) is 24.8 Å². The lowest BCUT2D eigenvalue weighted by molar-refractivity contribution is -0.141. The number of fused-ring (bicyclic) bond motifs is 1. The summed E-state index contributed by atoms with van der Waals surface area (Å²) in [5.41, 5.74) is 5.83. The van der Waals surface area contributed by atoms with Crippen LogP contribution >= 0.6 is 0 Å². The Labute approximate surface area is 163 Å². The molecule has 0 bridgehead atoms. The van der Waals surface area contributed by atoms with Crippen LogP contribution in [0.25, 0.3) is 0 Å². The summed E-state index contributed by atoms with van der Waals surface area (Å²) in [4.78, 5) is 22.0. The van der Waals surface area contributed by atoms with Gasteiger partial charge in [0.05, 0.1) is 6.20 Å². The lowest BCUT2D eigenvalue weighted by atomic mass is 9.98. The standard InChI is InChI=1S/C20H15F3N4O2/c21-20(22,23)16-8-7-12(11-25-16)29-15-4-1-3-14-13(15)9-10-27(19(14)28)18-6-2-5-17(24)26-18/h1-8,11H,9-10H2,(H2,24,26). The first-order chi connectivity index (χ1) is 13.8. The number of carbonyl (C=O) groups excluding carboxylic acids is 1. The molecule has 3 aromatic rings. The minimum Gasteiger partial charge on any atom is -0.455 e. The third-order valence-electron chi connectivity index (χ3n) is 4.48. The molecule has 0 atom stereocenters. The number of pyridine rings is 2. The van der Waals surface area contributed by atoms with Crippen LogP contribution in [-0.2, 0) is 12.6 Å². The second-order valence-corrected chi connectivity index (χ2v) is 6.39. The Morgan fingerprint density at radius 2 is 1.86 bits per heavy atom. The van der Waals surface area contributed by atoms with Gasteiger partial charge in [-0.3, -0.25) is 9.69 Å². The van der Waals surface area contributed by atoms with Crippen LogP contribution in [0.15, 0.2) is 54.7 Å². The van der Waals surface area contributed by atoms with Gasteiger partial charge >= 0.3 is 6.18 Å². The zero-order valence-corrected chi connectivity index (χ0v) is 15.0. The summed E-state index contributed by atoms with van der Waals surface area (Å²) in [7, 11) is 0. The fraction of sp³-hybridized carbons (Fsp3) is 0.150. The van der Waals surface area contributed by atoms with Crippen molar-refractivity contribution in [2.75, 3.05) is 17.2 Å². The number of alkyl halides is 3. The number of hydrogen-bond donors (Lipinski definition) is 1. The average Bonchev–Trinajstić information content (AvgIpc) is 2.68. The van der Waals surface area contributed by atoms with Gasteiger partial charge in [-0.25, -0.2) is 9.97 Å². The van der Waals surface area contributed by atoms with E-state index in [9.17, 15) is 18.0 Å². The topological polar surface area (TPSA) is 81.3 Å². The number of carbonyl (C=O) groups is 1. The Balaban J connectivity index is 1.61. The molecule has 148 valence electrons. The fourth-order valence-corrected chi connectivity index (χ4v) is 3.13. The Hall–Kier alpha value is -3.62. The van der Waals surface area contributed by atoms with Crippen molar-refractivity contribution in [3.8, 4) is 11.5 Å². The number of nitrogen functional groups attached to an aromatic ring is 1. The highest BCUT2D eigenvalue weighted by Crippen LogP contribution is 2.34. The van der Waals surface area contributed by atoms with Gasteiger partial charge in [0.15, 0.2) is 0 Å². The van der Waals surface area contributed by atoms with E-state index in [1.165, 1.54) is 11.0 Å². The highest BCUT2D eigenvalue weighted by molar-refractivity contribution is 6.08. The molecule has 1 aliphatic heterocycles. The van der Waals surface area contributed by atoms with Gasteiger partial charge in [0, 0.05) is 17.7 Å². The Kier molecular flexibility index (Phi) is 4.57. The summed E-state index contributed by atoms with van der Waals surface area (Å²) in [5, 5.41) is 0. The molecule has 1 aromatic carbocycles. The molecule has 9 heteroatoms. The quantitative estimate of drug-likeness (QED) is 0.717. The van der Waals surface area contributed by atoms with Crippen molar-refractivity contribution in [3.05, 3.63) is 71.5 Å². The van der Waals surface area contributed by atoms with E-state index in [0.29, 0.717) is 41.5 Å². The second kappa shape index (κ2) is 7.08. The minimum atomic E-state index is -4.52. The van der Waals surface area contributed by atoms with E-state index in [-0.39, 0.29) is 11.7 Å². The summed E-state index contributed by atoms with van der Waals surface area (Å²) in [6, 6.07) is 12.1. The van der Waals surface area contributed by atoms with Crippen molar-refractivity contribution < 1.29 is 22.7 Å². The summed E-state index contributed by atoms with van der Waals surface area (Å²) >= 11 is 0. The molecule has 0 radical (unpaired) electrons. The molecule has 0 fully saturated rings.